The van der Waals surface area contributed by atoms with E-state index in [4.69, 9.17) is 0 Å². The van der Waals surface area contributed by atoms with E-state index in [1.165, 1.54) is 0 Å². The van der Waals surface area contributed by atoms with E-state index in [2.05, 4.69) is 5.32 Å². The van der Waals surface area contributed by atoms with E-state index in [9.17, 15) is 18.4 Å². The van der Waals surface area contributed by atoms with Crippen LogP contribution in [-0.4, -0.2) is 37.2 Å². The fourth-order valence-electron chi connectivity index (χ4n) is 2.44. The maximum absolute atomic E-state index is 13.6. The van der Waals surface area contributed by atoms with Crippen LogP contribution in [0.5, 0.6) is 0 Å². The van der Waals surface area contributed by atoms with Crippen molar-refractivity contribution in [3.05, 3.63) is 57.8 Å². The third-order valence-corrected chi connectivity index (χ3v) is 4.56. The molecule has 1 heterocycles. The Bertz CT molecular complexity index is 733. The van der Waals surface area contributed by atoms with Gasteiger partial charge >= 0.3 is 0 Å². The molecule has 0 bridgehead atoms. The van der Waals surface area contributed by atoms with Gasteiger partial charge in [0.2, 0.25) is 5.91 Å². The molecule has 134 valence electrons. The maximum atomic E-state index is 13.6. The zero-order chi connectivity index (χ0) is 18.4. The number of hydrogen-bond donors (Lipinski definition) is 1. The highest BCUT2D eigenvalue weighted by molar-refractivity contribution is 7.07. The number of carbonyl (C=O) groups excluding carboxylic acids is 2. The Hall–Kier alpha value is -2.12. The quantitative estimate of drug-likeness (QED) is 0.729. The van der Waals surface area contributed by atoms with Crippen molar-refractivity contribution in [1.29, 1.82) is 0 Å². The highest BCUT2D eigenvalue weighted by atomic mass is 32.1. The van der Waals surface area contributed by atoms with E-state index in [0.717, 1.165) is 17.7 Å². The zero-order valence-corrected chi connectivity index (χ0v) is 14.9. The first kappa shape index (κ1) is 19.2. The van der Waals surface area contributed by atoms with Crippen molar-refractivity contribution in [2.75, 3.05) is 20.6 Å². The third kappa shape index (κ3) is 5.44. The molecule has 2 aromatic rings. The molecule has 1 N–H and O–H groups in total. The molecule has 0 saturated carbocycles. The van der Waals surface area contributed by atoms with Gasteiger partial charge in [-0.25, -0.2) is 8.78 Å². The lowest BCUT2D eigenvalue weighted by Gasteiger charge is -2.24. The molecule has 1 atom stereocenters. The van der Waals surface area contributed by atoms with Crippen molar-refractivity contribution in [2.24, 2.45) is 0 Å². The van der Waals surface area contributed by atoms with Crippen LogP contribution in [0.4, 0.5) is 8.78 Å². The molecule has 0 aliphatic carbocycles. The molecule has 0 unspecified atom stereocenters. The number of carbonyl (C=O) groups is 2. The summed E-state index contributed by atoms with van der Waals surface area (Å²) in [6, 6.07) is 4.83. The summed E-state index contributed by atoms with van der Waals surface area (Å²) in [4.78, 5) is 25.9. The van der Waals surface area contributed by atoms with Crippen LogP contribution >= 0.6 is 11.3 Å². The Kier molecular flexibility index (Phi) is 6.78. The van der Waals surface area contributed by atoms with Crippen LogP contribution in [-0.2, 0) is 4.79 Å². The molecule has 0 aliphatic heterocycles. The van der Waals surface area contributed by atoms with E-state index in [0.29, 0.717) is 12.6 Å². The lowest BCUT2D eigenvalue weighted by molar-refractivity contribution is -0.121. The van der Waals surface area contributed by atoms with Gasteiger partial charge in [0, 0.05) is 25.5 Å². The van der Waals surface area contributed by atoms with Crippen LogP contribution in [0.3, 0.4) is 0 Å². The number of benzene rings is 1. The Morgan fingerprint density at radius 3 is 2.56 bits per heavy atom. The van der Waals surface area contributed by atoms with Crippen LogP contribution in [0.15, 0.2) is 35.0 Å². The summed E-state index contributed by atoms with van der Waals surface area (Å²) >= 11 is 1.59. The number of halogens is 2. The van der Waals surface area contributed by atoms with Gasteiger partial charge in [-0.1, -0.05) is 0 Å². The molecular formula is C18H20F2N2O2S. The standard InChI is InChI=1S/C18H20F2N2O2S/c1-22(2)16(12-7-8-25-11-12)10-21-18(24)6-5-17(23)14-4-3-13(19)9-15(14)20/h3-4,7-9,11,16H,5-6,10H2,1-2H3,(H,21,24)/t16-/m1/s1. The lowest BCUT2D eigenvalue weighted by atomic mass is 10.1. The van der Waals surface area contributed by atoms with Crippen LogP contribution in [0.1, 0.15) is 34.8 Å². The highest BCUT2D eigenvalue weighted by Crippen LogP contribution is 2.20. The summed E-state index contributed by atoms with van der Waals surface area (Å²) in [6.45, 7) is 0.418. The molecule has 1 aromatic carbocycles. The molecule has 1 aromatic heterocycles. The summed E-state index contributed by atoms with van der Waals surface area (Å²) in [5, 5.41) is 6.80. The SMILES string of the molecule is CN(C)[C@H](CNC(=O)CCC(=O)c1ccc(F)cc1F)c1ccsc1. The van der Waals surface area contributed by atoms with Crippen molar-refractivity contribution >= 4 is 23.0 Å². The molecule has 0 aliphatic rings. The van der Waals surface area contributed by atoms with Crippen LogP contribution < -0.4 is 5.32 Å². The minimum Gasteiger partial charge on any atom is -0.354 e. The van der Waals surface area contributed by atoms with Crippen LogP contribution in [0.2, 0.25) is 0 Å². The minimum atomic E-state index is -0.907. The van der Waals surface area contributed by atoms with Gasteiger partial charge in [-0.05, 0) is 48.6 Å². The normalized spacial score (nSPS) is 12.2. The largest absolute Gasteiger partial charge is 0.354 e. The minimum absolute atomic E-state index is 0.0421. The van der Waals surface area contributed by atoms with Crippen molar-refractivity contribution in [3.8, 4) is 0 Å². The molecular weight excluding hydrogens is 346 g/mol. The first-order valence-corrected chi connectivity index (χ1v) is 8.76. The van der Waals surface area contributed by atoms with Crippen molar-refractivity contribution < 1.29 is 18.4 Å². The van der Waals surface area contributed by atoms with Gasteiger partial charge in [0.15, 0.2) is 5.78 Å². The van der Waals surface area contributed by atoms with Gasteiger partial charge in [-0.3, -0.25) is 9.59 Å². The Morgan fingerprint density at radius 2 is 1.96 bits per heavy atom. The average Bonchev–Trinajstić information content (AvgIpc) is 3.06. The first-order chi connectivity index (χ1) is 11.9. The number of rotatable bonds is 8. The van der Waals surface area contributed by atoms with Gasteiger partial charge in [-0.2, -0.15) is 11.3 Å². The molecule has 4 nitrogen and oxygen atoms in total. The summed E-state index contributed by atoms with van der Waals surface area (Å²) in [6.07, 6.45) is -0.168. The fourth-order valence-corrected chi connectivity index (χ4v) is 3.15. The number of Topliss-reactive ketones (excluding diaryl/α,β-unsaturated/α-hetero) is 1. The predicted octanol–water partition coefficient (Wildman–Crippen LogP) is 3.41. The van der Waals surface area contributed by atoms with E-state index in [1.807, 2.05) is 35.8 Å². The number of thiophene rings is 1. The molecule has 0 saturated heterocycles. The van der Waals surface area contributed by atoms with E-state index in [-0.39, 0.29) is 30.4 Å². The van der Waals surface area contributed by atoms with Crippen molar-refractivity contribution in [3.63, 3.8) is 0 Å². The summed E-state index contributed by atoms with van der Waals surface area (Å²) in [5.41, 5.74) is 0.915. The smallest absolute Gasteiger partial charge is 0.220 e. The van der Waals surface area contributed by atoms with Gasteiger partial charge in [0.25, 0.3) is 0 Å². The highest BCUT2D eigenvalue weighted by Gasteiger charge is 2.17. The second-order valence-electron chi connectivity index (χ2n) is 5.89. The molecule has 7 heteroatoms. The number of ketones is 1. The Morgan fingerprint density at radius 1 is 1.20 bits per heavy atom. The van der Waals surface area contributed by atoms with Gasteiger partial charge < -0.3 is 10.2 Å². The van der Waals surface area contributed by atoms with E-state index < -0.39 is 17.4 Å². The Balaban J connectivity index is 1.85. The zero-order valence-electron chi connectivity index (χ0n) is 14.1. The molecule has 25 heavy (non-hydrogen) atoms. The fraction of sp³-hybridized carbons (Fsp3) is 0.333. The van der Waals surface area contributed by atoms with Crippen molar-refractivity contribution in [2.45, 2.75) is 18.9 Å². The van der Waals surface area contributed by atoms with Gasteiger partial charge in [0.05, 0.1) is 11.6 Å². The molecule has 0 spiro atoms. The summed E-state index contributed by atoms with van der Waals surface area (Å²) < 4.78 is 26.4. The molecule has 0 fully saturated rings. The lowest BCUT2D eigenvalue weighted by Crippen LogP contribution is -2.34. The molecule has 1 amide bonds. The number of hydrogen-bond acceptors (Lipinski definition) is 4. The summed E-state index contributed by atoms with van der Waals surface area (Å²) in [7, 11) is 3.85. The number of likely N-dealkylation sites (N-methyl/N-ethyl adjacent to an activating group) is 1. The third-order valence-electron chi connectivity index (χ3n) is 3.85. The second kappa shape index (κ2) is 8.82. The van der Waals surface area contributed by atoms with Crippen LogP contribution in [0.25, 0.3) is 0 Å². The Labute approximate surface area is 149 Å². The van der Waals surface area contributed by atoms with E-state index >= 15 is 0 Å². The van der Waals surface area contributed by atoms with Crippen LogP contribution in [0, 0.1) is 11.6 Å². The monoisotopic (exact) mass is 366 g/mol. The van der Waals surface area contributed by atoms with Crippen molar-refractivity contribution in [1.82, 2.24) is 10.2 Å². The average molecular weight is 366 g/mol. The predicted molar refractivity (Wildman–Crippen MR) is 93.7 cm³/mol. The summed E-state index contributed by atoms with van der Waals surface area (Å²) in [5.74, 6) is -2.45. The number of nitrogens with one attached hydrogen (secondary N) is 1. The topological polar surface area (TPSA) is 49.4 Å². The number of amides is 1. The molecule has 2 rings (SSSR count). The first-order valence-electron chi connectivity index (χ1n) is 7.82. The van der Waals surface area contributed by atoms with E-state index in [1.54, 1.807) is 11.3 Å². The maximum Gasteiger partial charge on any atom is 0.220 e. The number of nitrogens with zero attached hydrogens (tertiary/aromatic N) is 1. The van der Waals surface area contributed by atoms with Gasteiger partial charge in [-0.15, -0.1) is 0 Å². The second-order valence-corrected chi connectivity index (χ2v) is 6.67. The van der Waals surface area contributed by atoms with Gasteiger partial charge in [0.1, 0.15) is 11.6 Å². The molecule has 0 radical (unpaired) electrons.